The topological polar surface area (TPSA) is 78.4 Å². The number of aliphatic hydroxyl groups excluding tert-OH is 1. The van der Waals surface area contributed by atoms with Gasteiger partial charge in [-0.1, -0.05) is 23.7 Å². The van der Waals surface area contributed by atoms with Gasteiger partial charge in [-0.05, 0) is 36.1 Å². The minimum Gasteiger partial charge on any atom is -0.388 e. The van der Waals surface area contributed by atoms with Gasteiger partial charge in [0.15, 0.2) is 0 Å². The van der Waals surface area contributed by atoms with Crippen molar-refractivity contribution >= 4 is 40.4 Å². The minimum absolute atomic E-state index is 0.209. The Morgan fingerprint density at radius 3 is 2.73 bits per heavy atom. The van der Waals surface area contributed by atoms with Gasteiger partial charge in [-0.2, -0.15) is 0 Å². The van der Waals surface area contributed by atoms with Gasteiger partial charge in [0.2, 0.25) is 0 Å². The van der Waals surface area contributed by atoms with Crippen LogP contribution < -0.4 is 10.6 Å². The quantitative estimate of drug-likeness (QED) is 0.733. The summed E-state index contributed by atoms with van der Waals surface area (Å²) in [5.74, 6) is -1.52. The first-order valence-electron chi connectivity index (χ1n) is 6.62. The van der Waals surface area contributed by atoms with Gasteiger partial charge in [-0.15, -0.1) is 11.3 Å². The number of rotatable bonds is 5. The Bertz CT molecular complexity index is 646. The van der Waals surface area contributed by atoms with Crippen molar-refractivity contribution in [2.45, 2.75) is 12.5 Å². The average molecular weight is 339 g/mol. The Kier molecular flexibility index (Phi) is 5.94. The molecule has 2 amide bonds. The zero-order chi connectivity index (χ0) is 15.9. The average Bonchev–Trinajstić information content (AvgIpc) is 3.01. The van der Waals surface area contributed by atoms with Crippen LogP contribution in [0.15, 0.2) is 41.8 Å². The first kappa shape index (κ1) is 16.5. The minimum atomic E-state index is -0.770. The first-order chi connectivity index (χ1) is 10.6. The molecule has 1 aromatic heterocycles. The molecule has 0 fully saturated rings. The summed E-state index contributed by atoms with van der Waals surface area (Å²) in [6.45, 7) is 0.209. The number of hydrogen-bond donors (Lipinski definition) is 3. The largest absolute Gasteiger partial charge is 0.388 e. The fraction of sp³-hybridized carbons (Fsp3) is 0.200. The fourth-order valence-corrected chi connectivity index (χ4v) is 2.72. The van der Waals surface area contributed by atoms with E-state index in [0.29, 0.717) is 17.1 Å². The van der Waals surface area contributed by atoms with Crippen LogP contribution in [0, 0.1) is 0 Å². The Morgan fingerprint density at radius 2 is 2.05 bits per heavy atom. The van der Waals surface area contributed by atoms with E-state index in [-0.39, 0.29) is 6.54 Å². The molecule has 7 heteroatoms. The summed E-state index contributed by atoms with van der Waals surface area (Å²) in [5, 5.41) is 17.1. The summed E-state index contributed by atoms with van der Waals surface area (Å²) in [6, 6.07) is 10.2. The second kappa shape index (κ2) is 7.93. The smallest absolute Gasteiger partial charge is 0.313 e. The van der Waals surface area contributed by atoms with Crippen molar-refractivity contribution in [3.8, 4) is 0 Å². The van der Waals surface area contributed by atoms with Crippen LogP contribution in [-0.2, 0) is 9.59 Å². The van der Waals surface area contributed by atoms with Crippen LogP contribution in [0.25, 0.3) is 0 Å². The monoisotopic (exact) mass is 338 g/mol. The second-order valence-electron chi connectivity index (χ2n) is 4.54. The van der Waals surface area contributed by atoms with Crippen molar-refractivity contribution in [1.29, 1.82) is 0 Å². The first-order valence-corrected chi connectivity index (χ1v) is 7.88. The maximum Gasteiger partial charge on any atom is 0.313 e. The van der Waals surface area contributed by atoms with Gasteiger partial charge < -0.3 is 15.7 Å². The Balaban J connectivity index is 1.76. The predicted molar refractivity (Wildman–Crippen MR) is 87.0 cm³/mol. The van der Waals surface area contributed by atoms with Gasteiger partial charge >= 0.3 is 11.8 Å². The van der Waals surface area contributed by atoms with Crippen molar-refractivity contribution in [3.63, 3.8) is 0 Å². The van der Waals surface area contributed by atoms with Gasteiger partial charge in [-0.3, -0.25) is 9.59 Å². The third kappa shape index (κ3) is 4.84. The lowest BCUT2D eigenvalue weighted by Gasteiger charge is -2.10. The molecule has 1 unspecified atom stereocenters. The Hall–Kier alpha value is -1.89. The molecule has 0 aliphatic heterocycles. The van der Waals surface area contributed by atoms with Gasteiger partial charge in [0, 0.05) is 22.1 Å². The lowest BCUT2D eigenvalue weighted by atomic mass is 10.2. The van der Waals surface area contributed by atoms with E-state index in [4.69, 9.17) is 11.6 Å². The van der Waals surface area contributed by atoms with Crippen LogP contribution in [0.3, 0.4) is 0 Å². The zero-order valence-electron chi connectivity index (χ0n) is 11.6. The highest BCUT2D eigenvalue weighted by atomic mass is 35.5. The van der Waals surface area contributed by atoms with Crippen molar-refractivity contribution in [1.82, 2.24) is 5.32 Å². The van der Waals surface area contributed by atoms with Crippen LogP contribution in [0.5, 0.6) is 0 Å². The molecule has 22 heavy (non-hydrogen) atoms. The van der Waals surface area contributed by atoms with Crippen LogP contribution in [0.1, 0.15) is 17.4 Å². The molecule has 0 saturated heterocycles. The molecule has 1 atom stereocenters. The zero-order valence-corrected chi connectivity index (χ0v) is 13.2. The standard InChI is InChI=1S/C15H15ClN2O3S/c16-10-3-1-4-11(9-10)18-15(21)14(20)17-7-6-12(19)13-5-2-8-22-13/h1-5,8-9,12,19H,6-7H2,(H,17,20)(H,18,21). The lowest BCUT2D eigenvalue weighted by Crippen LogP contribution is -2.36. The predicted octanol–water partition coefficient (Wildman–Crippen LogP) is 2.58. The summed E-state index contributed by atoms with van der Waals surface area (Å²) in [7, 11) is 0. The summed E-state index contributed by atoms with van der Waals surface area (Å²) >= 11 is 7.24. The summed E-state index contributed by atoms with van der Waals surface area (Å²) < 4.78 is 0. The number of carbonyl (C=O) groups excluding carboxylic acids is 2. The number of aliphatic hydroxyl groups is 1. The molecule has 5 nitrogen and oxygen atoms in total. The van der Waals surface area contributed by atoms with Crippen LogP contribution >= 0.6 is 22.9 Å². The Labute approximate surface area is 136 Å². The maximum atomic E-state index is 11.7. The van der Waals surface area contributed by atoms with Crippen molar-refractivity contribution in [2.75, 3.05) is 11.9 Å². The van der Waals surface area contributed by atoms with Crippen molar-refractivity contribution in [3.05, 3.63) is 51.7 Å². The number of thiophene rings is 1. The lowest BCUT2D eigenvalue weighted by molar-refractivity contribution is -0.136. The summed E-state index contributed by atoms with van der Waals surface area (Å²) in [4.78, 5) is 24.2. The molecule has 2 rings (SSSR count). The summed E-state index contributed by atoms with van der Waals surface area (Å²) in [6.07, 6.45) is -0.298. The molecule has 0 spiro atoms. The number of amides is 2. The number of halogens is 1. The van der Waals surface area contributed by atoms with E-state index in [1.165, 1.54) is 11.3 Å². The maximum absolute atomic E-state index is 11.7. The molecule has 0 radical (unpaired) electrons. The van der Waals surface area contributed by atoms with Gasteiger partial charge in [0.05, 0.1) is 6.10 Å². The normalized spacial score (nSPS) is 11.7. The van der Waals surface area contributed by atoms with E-state index in [2.05, 4.69) is 10.6 Å². The van der Waals surface area contributed by atoms with Crippen LogP contribution in [0.4, 0.5) is 5.69 Å². The van der Waals surface area contributed by atoms with Crippen molar-refractivity contribution < 1.29 is 14.7 Å². The summed E-state index contributed by atoms with van der Waals surface area (Å²) in [5.41, 5.74) is 0.450. The third-order valence-corrected chi connectivity index (χ3v) is 4.07. The van der Waals surface area contributed by atoms with Crippen LogP contribution in [-0.4, -0.2) is 23.5 Å². The number of anilines is 1. The van der Waals surface area contributed by atoms with E-state index in [9.17, 15) is 14.7 Å². The van der Waals surface area contributed by atoms with E-state index in [1.807, 2.05) is 17.5 Å². The van der Waals surface area contributed by atoms with Crippen LogP contribution in [0.2, 0.25) is 5.02 Å². The number of nitrogens with one attached hydrogen (secondary N) is 2. The number of carbonyl (C=O) groups is 2. The molecular formula is C15H15ClN2O3S. The molecule has 1 aromatic carbocycles. The van der Waals surface area contributed by atoms with Crippen molar-refractivity contribution in [2.24, 2.45) is 0 Å². The van der Waals surface area contributed by atoms with Gasteiger partial charge in [0.25, 0.3) is 0 Å². The highest BCUT2D eigenvalue weighted by Gasteiger charge is 2.15. The molecule has 1 heterocycles. The number of hydrogen-bond acceptors (Lipinski definition) is 4. The van der Waals surface area contributed by atoms with E-state index in [1.54, 1.807) is 24.3 Å². The molecule has 2 aromatic rings. The Morgan fingerprint density at radius 1 is 1.23 bits per heavy atom. The van der Waals surface area contributed by atoms with Gasteiger partial charge in [0.1, 0.15) is 0 Å². The molecule has 0 saturated carbocycles. The fourth-order valence-electron chi connectivity index (χ4n) is 1.78. The van der Waals surface area contributed by atoms with Gasteiger partial charge in [-0.25, -0.2) is 0 Å². The molecular weight excluding hydrogens is 324 g/mol. The van der Waals surface area contributed by atoms with E-state index in [0.717, 1.165) is 4.88 Å². The number of benzene rings is 1. The van der Waals surface area contributed by atoms with E-state index < -0.39 is 17.9 Å². The molecule has 116 valence electrons. The second-order valence-corrected chi connectivity index (χ2v) is 5.96. The third-order valence-electron chi connectivity index (χ3n) is 2.86. The highest BCUT2D eigenvalue weighted by Crippen LogP contribution is 2.20. The molecule has 0 aliphatic carbocycles. The van der Waals surface area contributed by atoms with E-state index >= 15 is 0 Å². The molecule has 0 bridgehead atoms. The SMILES string of the molecule is O=C(NCCC(O)c1cccs1)C(=O)Nc1cccc(Cl)c1. The molecule has 0 aliphatic rings. The highest BCUT2D eigenvalue weighted by molar-refractivity contribution is 7.10. The molecule has 3 N–H and O–H groups in total.